The average Bonchev–Trinajstić information content (AvgIpc) is 2.97. The third-order valence-electron chi connectivity index (χ3n) is 3.03. The number of amides is 1. The maximum atomic E-state index is 12.0. The van der Waals surface area contributed by atoms with Crippen LogP contribution in [0.1, 0.15) is 27.3 Å². The number of aromatic carboxylic acids is 1. The highest BCUT2D eigenvalue weighted by atomic mass is 16.5. The van der Waals surface area contributed by atoms with Crippen LogP contribution in [0.25, 0.3) is 0 Å². The fourth-order valence-electron chi connectivity index (χ4n) is 2.11. The number of furan rings is 1. The number of carboxylic acids is 1. The summed E-state index contributed by atoms with van der Waals surface area (Å²) in [5.41, 5.74) is -0.00834. The third-order valence-corrected chi connectivity index (χ3v) is 3.03. The van der Waals surface area contributed by atoms with Crippen molar-refractivity contribution in [3.8, 4) is 0 Å². The van der Waals surface area contributed by atoms with Crippen molar-refractivity contribution < 1.29 is 23.8 Å². The standard InChI is InChI=1S/C12H15NO5/c1-17-6-8-2-3-13(5-8)11(14)10-4-9(7-18-10)12(15)16/h4,7-8H,2-3,5-6H2,1H3,(H,15,16). The van der Waals surface area contributed by atoms with E-state index in [-0.39, 0.29) is 17.2 Å². The van der Waals surface area contributed by atoms with Crippen molar-refractivity contribution in [1.82, 2.24) is 4.90 Å². The fourth-order valence-corrected chi connectivity index (χ4v) is 2.11. The van der Waals surface area contributed by atoms with E-state index >= 15 is 0 Å². The molecule has 1 aliphatic heterocycles. The number of nitrogens with zero attached hydrogens (tertiary/aromatic N) is 1. The van der Waals surface area contributed by atoms with Crippen molar-refractivity contribution in [1.29, 1.82) is 0 Å². The molecule has 0 aromatic carbocycles. The Balaban J connectivity index is 2.01. The second-order valence-electron chi connectivity index (χ2n) is 4.37. The average molecular weight is 253 g/mol. The summed E-state index contributed by atoms with van der Waals surface area (Å²) in [6, 6.07) is 1.26. The number of hydrogen-bond donors (Lipinski definition) is 1. The lowest BCUT2D eigenvalue weighted by molar-refractivity contribution is 0.0694. The van der Waals surface area contributed by atoms with Crippen molar-refractivity contribution in [2.45, 2.75) is 6.42 Å². The SMILES string of the molecule is COCC1CCN(C(=O)c2cc(C(=O)O)co2)C1. The Morgan fingerprint density at radius 2 is 2.39 bits per heavy atom. The zero-order valence-electron chi connectivity index (χ0n) is 10.1. The molecule has 6 heteroatoms. The van der Waals surface area contributed by atoms with E-state index in [4.69, 9.17) is 14.3 Å². The molecule has 1 N–H and O–H groups in total. The molecular weight excluding hydrogens is 238 g/mol. The number of rotatable bonds is 4. The van der Waals surface area contributed by atoms with Gasteiger partial charge in [-0.3, -0.25) is 4.79 Å². The van der Waals surface area contributed by atoms with Crippen molar-refractivity contribution in [2.24, 2.45) is 5.92 Å². The molecule has 6 nitrogen and oxygen atoms in total. The lowest BCUT2D eigenvalue weighted by Crippen LogP contribution is -2.28. The van der Waals surface area contributed by atoms with Crippen LogP contribution in [0.2, 0.25) is 0 Å². The molecule has 98 valence electrons. The molecule has 18 heavy (non-hydrogen) atoms. The predicted octanol–water partition coefficient (Wildman–Crippen LogP) is 1.09. The second-order valence-corrected chi connectivity index (χ2v) is 4.37. The van der Waals surface area contributed by atoms with Crippen LogP contribution in [0.3, 0.4) is 0 Å². The Kier molecular flexibility index (Phi) is 3.66. The summed E-state index contributed by atoms with van der Waals surface area (Å²) < 4.78 is 10.0. The summed E-state index contributed by atoms with van der Waals surface area (Å²) in [6.07, 6.45) is 1.98. The molecule has 0 aliphatic carbocycles. The molecule has 1 aromatic rings. The van der Waals surface area contributed by atoms with Crippen LogP contribution in [0, 0.1) is 5.92 Å². The molecule has 1 saturated heterocycles. The van der Waals surface area contributed by atoms with Crippen LogP contribution in [-0.4, -0.2) is 48.7 Å². The van der Waals surface area contributed by atoms with E-state index in [1.165, 1.54) is 6.07 Å². The number of likely N-dealkylation sites (tertiary alicyclic amines) is 1. The van der Waals surface area contributed by atoms with Gasteiger partial charge in [-0.15, -0.1) is 0 Å². The highest BCUT2D eigenvalue weighted by Gasteiger charge is 2.28. The van der Waals surface area contributed by atoms with Gasteiger partial charge >= 0.3 is 5.97 Å². The van der Waals surface area contributed by atoms with Crippen molar-refractivity contribution in [2.75, 3.05) is 26.8 Å². The van der Waals surface area contributed by atoms with Gasteiger partial charge in [0.2, 0.25) is 0 Å². The molecule has 1 amide bonds. The normalized spacial score (nSPS) is 19.2. The minimum absolute atomic E-state index is 0.00834. The monoisotopic (exact) mass is 253 g/mol. The summed E-state index contributed by atoms with van der Waals surface area (Å²) in [5.74, 6) is -0.948. The topological polar surface area (TPSA) is 80.0 Å². The third kappa shape index (κ3) is 2.53. The van der Waals surface area contributed by atoms with Gasteiger partial charge in [0.1, 0.15) is 6.26 Å². The van der Waals surface area contributed by atoms with Crippen LogP contribution in [-0.2, 0) is 4.74 Å². The molecule has 1 aromatic heterocycles. The first kappa shape index (κ1) is 12.6. The van der Waals surface area contributed by atoms with E-state index < -0.39 is 5.97 Å². The quantitative estimate of drug-likeness (QED) is 0.868. The minimum atomic E-state index is -1.10. The Labute approximate surface area is 104 Å². The highest BCUT2D eigenvalue weighted by Crippen LogP contribution is 2.20. The molecular formula is C12H15NO5. The Morgan fingerprint density at radius 1 is 1.61 bits per heavy atom. The van der Waals surface area contributed by atoms with Crippen LogP contribution < -0.4 is 0 Å². The van der Waals surface area contributed by atoms with Gasteiger partial charge in [-0.2, -0.15) is 0 Å². The number of carbonyl (C=O) groups excluding carboxylic acids is 1. The zero-order valence-corrected chi connectivity index (χ0v) is 10.1. The molecule has 2 rings (SSSR count). The van der Waals surface area contributed by atoms with Crippen molar-refractivity contribution in [3.63, 3.8) is 0 Å². The maximum Gasteiger partial charge on any atom is 0.338 e. The van der Waals surface area contributed by atoms with E-state index in [0.717, 1.165) is 12.7 Å². The van der Waals surface area contributed by atoms with Crippen molar-refractivity contribution >= 4 is 11.9 Å². The summed E-state index contributed by atoms with van der Waals surface area (Å²) in [5, 5.41) is 8.76. The van der Waals surface area contributed by atoms with Crippen molar-refractivity contribution in [3.05, 3.63) is 23.7 Å². The summed E-state index contributed by atoms with van der Waals surface area (Å²) >= 11 is 0. The van der Waals surface area contributed by atoms with Gasteiger partial charge < -0.3 is 19.2 Å². The largest absolute Gasteiger partial charge is 0.478 e. The maximum absolute atomic E-state index is 12.0. The summed E-state index contributed by atoms with van der Waals surface area (Å²) in [7, 11) is 1.64. The van der Waals surface area contributed by atoms with Crippen LogP contribution in [0.15, 0.2) is 16.7 Å². The number of hydrogen-bond acceptors (Lipinski definition) is 4. The van der Waals surface area contributed by atoms with Crippen LogP contribution >= 0.6 is 0 Å². The smallest absolute Gasteiger partial charge is 0.338 e. The number of methoxy groups -OCH3 is 1. The van der Waals surface area contributed by atoms with Crippen LogP contribution in [0.4, 0.5) is 0 Å². The molecule has 0 spiro atoms. The second kappa shape index (κ2) is 5.22. The van der Waals surface area contributed by atoms with Gasteiger partial charge in [0, 0.05) is 32.2 Å². The summed E-state index contributed by atoms with van der Waals surface area (Å²) in [6.45, 7) is 1.90. The zero-order chi connectivity index (χ0) is 13.1. The first-order valence-corrected chi connectivity index (χ1v) is 5.72. The van der Waals surface area contributed by atoms with Crippen LogP contribution in [0.5, 0.6) is 0 Å². The number of ether oxygens (including phenoxy) is 1. The number of carboxylic acid groups (broad SMARTS) is 1. The minimum Gasteiger partial charge on any atom is -0.478 e. The molecule has 1 fully saturated rings. The molecule has 0 bridgehead atoms. The molecule has 1 aliphatic rings. The molecule has 1 unspecified atom stereocenters. The fraction of sp³-hybridized carbons (Fsp3) is 0.500. The van der Waals surface area contributed by atoms with E-state index in [0.29, 0.717) is 25.6 Å². The Bertz CT molecular complexity index is 453. The number of carbonyl (C=O) groups is 2. The van der Waals surface area contributed by atoms with E-state index in [1.54, 1.807) is 12.0 Å². The molecule has 0 saturated carbocycles. The van der Waals surface area contributed by atoms with Gasteiger partial charge in [-0.05, 0) is 6.42 Å². The lowest BCUT2D eigenvalue weighted by atomic mass is 10.1. The van der Waals surface area contributed by atoms with Gasteiger partial charge in [0.15, 0.2) is 5.76 Å². The lowest BCUT2D eigenvalue weighted by Gasteiger charge is -2.14. The first-order chi connectivity index (χ1) is 8.61. The van der Waals surface area contributed by atoms with E-state index in [9.17, 15) is 9.59 Å². The Morgan fingerprint density at radius 3 is 3.00 bits per heavy atom. The Hall–Kier alpha value is -1.82. The highest BCUT2D eigenvalue weighted by molar-refractivity contribution is 5.95. The van der Waals surface area contributed by atoms with E-state index in [1.807, 2.05) is 0 Å². The molecule has 2 heterocycles. The van der Waals surface area contributed by atoms with Gasteiger partial charge in [0.25, 0.3) is 5.91 Å². The molecule has 0 radical (unpaired) electrons. The molecule has 1 atom stereocenters. The first-order valence-electron chi connectivity index (χ1n) is 5.72. The van der Waals surface area contributed by atoms with Gasteiger partial charge in [0.05, 0.1) is 12.2 Å². The summed E-state index contributed by atoms with van der Waals surface area (Å²) in [4.78, 5) is 24.4. The van der Waals surface area contributed by atoms with E-state index in [2.05, 4.69) is 0 Å². The van der Waals surface area contributed by atoms with Gasteiger partial charge in [-0.25, -0.2) is 4.79 Å². The van der Waals surface area contributed by atoms with Gasteiger partial charge in [-0.1, -0.05) is 0 Å². The predicted molar refractivity (Wildman–Crippen MR) is 61.6 cm³/mol.